The van der Waals surface area contributed by atoms with Crippen molar-refractivity contribution in [3.8, 4) is 5.75 Å². The molecule has 1 amide bonds. The first-order valence-electron chi connectivity index (χ1n) is 12.4. The van der Waals surface area contributed by atoms with Gasteiger partial charge in [-0.05, 0) is 35.9 Å². The molecule has 4 rings (SSSR count). The Morgan fingerprint density at radius 1 is 0.950 bits per heavy atom. The number of carbonyl (C=O) groups is 3. The molecule has 0 bridgehead atoms. The van der Waals surface area contributed by atoms with E-state index >= 15 is 0 Å². The van der Waals surface area contributed by atoms with Gasteiger partial charge in [0.25, 0.3) is 5.91 Å². The lowest BCUT2D eigenvalue weighted by atomic mass is 10.1. The van der Waals surface area contributed by atoms with Gasteiger partial charge in [-0.25, -0.2) is 4.79 Å². The van der Waals surface area contributed by atoms with Crippen LogP contribution in [0.15, 0.2) is 71.7 Å². The molecule has 3 aromatic rings. The molecular formula is C28H29N3O9. The number of carbonyl (C=O) groups excluding carboxylic acids is 3. The second-order valence-electron chi connectivity index (χ2n) is 8.90. The molecule has 1 aliphatic heterocycles. The van der Waals surface area contributed by atoms with E-state index in [4.69, 9.17) is 23.7 Å². The molecule has 1 N–H and O–H groups in total. The van der Waals surface area contributed by atoms with Crippen LogP contribution in [-0.4, -0.2) is 59.4 Å². The van der Waals surface area contributed by atoms with E-state index in [1.807, 2.05) is 12.1 Å². The SMILES string of the molecule is COc1ccc(COC[C@H]2O[C@@H](n3ccc(NC(=O)c4ccccc4)nc3=O)[C@H](OC(C)=O)[C@@H]2OC(C)=O)cc1. The molecule has 0 unspecified atom stereocenters. The van der Waals surface area contributed by atoms with Crippen molar-refractivity contribution >= 4 is 23.7 Å². The maximum atomic E-state index is 13.0. The van der Waals surface area contributed by atoms with Crippen LogP contribution >= 0.6 is 0 Å². The Hall–Kier alpha value is -4.55. The van der Waals surface area contributed by atoms with E-state index in [9.17, 15) is 19.2 Å². The number of nitrogens with one attached hydrogen (secondary N) is 1. The fourth-order valence-electron chi connectivity index (χ4n) is 4.19. The standard InChI is InChI=1S/C28H29N3O9/c1-17(32)38-24-22(16-37-15-19-9-11-21(36-3)12-10-19)40-27(25(24)39-18(2)33)31-14-13-23(30-28(31)35)29-26(34)20-7-5-4-6-8-20/h4-14,22,24-25,27H,15-16H2,1-3H3,(H,29,30,34,35)/t22-,24-,25-,27-/m1/s1. The molecule has 2 heterocycles. The van der Waals surface area contributed by atoms with Gasteiger partial charge in [0.15, 0.2) is 18.4 Å². The Balaban J connectivity index is 1.52. The molecule has 0 radical (unpaired) electrons. The third-order valence-corrected chi connectivity index (χ3v) is 5.98. The van der Waals surface area contributed by atoms with Gasteiger partial charge in [0.2, 0.25) is 0 Å². The lowest BCUT2D eigenvalue weighted by Crippen LogP contribution is -2.41. The molecule has 0 saturated carbocycles. The van der Waals surface area contributed by atoms with E-state index < -0.39 is 48.1 Å². The summed E-state index contributed by atoms with van der Waals surface area (Å²) in [5, 5.41) is 2.57. The Kier molecular flexibility index (Phi) is 9.25. The molecule has 0 spiro atoms. The Morgan fingerprint density at radius 3 is 2.25 bits per heavy atom. The highest BCUT2D eigenvalue weighted by atomic mass is 16.7. The molecule has 2 aromatic carbocycles. The summed E-state index contributed by atoms with van der Waals surface area (Å²) in [5.41, 5.74) is 0.475. The number of hydrogen-bond donors (Lipinski definition) is 1. The molecule has 12 nitrogen and oxygen atoms in total. The highest BCUT2D eigenvalue weighted by Crippen LogP contribution is 2.34. The lowest BCUT2D eigenvalue weighted by Gasteiger charge is -2.24. The zero-order valence-corrected chi connectivity index (χ0v) is 22.1. The summed E-state index contributed by atoms with van der Waals surface area (Å²) in [6.07, 6.45) is -2.93. The van der Waals surface area contributed by atoms with Crippen molar-refractivity contribution in [2.24, 2.45) is 0 Å². The molecule has 1 aliphatic rings. The van der Waals surface area contributed by atoms with Crippen molar-refractivity contribution in [3.05, 3.63) is 88.5 Å². The van der Waals surface area contributed by atoms with Crippen LogP contribution in [0, 0.1) is 0 Å². The monoisotopic (exact) mass is 551 g/mol. The maximum Gasteiger partial charge on any atom is 0.351 e. The number of benzene rings is 2. The van der Waals surface area contributed by atoms with Gasteiger partial charge in [0, 0.05) is 25.6 Å². The minimum absolute atomic E-state index is 0.0213. The molecule has 4 atom stereocenters. The highest BCUT2D eigenvalue weighted by Gasteiger charge is 2.50. The van der Waals surface area contributed by atoms with Crippen LogP contribution in [0.5, 0.6) is 5.75 Å². The summed E-state index contributed by atoms with van der Waals surface area (Å²) >= 11 is 0. The Bertz CT molecular complexity index is 1390. The summed E-state index contributed by atoms with van der Waals surface area (Å²) in [7, 11) is 1.57. The number of aromatic nitrogens is 2. The fourth-order valence-corrected chi connectivity index (χ4v) is 4.19. The summed E-state index contributed by atoms with van der Waals surface area (Å²) in [6, 6.07) is 17.1. The average Bonchev–Trinajstić information content (AvgIpc) is 3.24. The molecule has 1 fully saturated rings. The van der Waals surface area contributed by atoms with E-state index in [1.165, 1.54) is 26.1 Å². The normalized spacial score (nSPS) is 20.0. The van der Waals surface area contributed by atoms with Crippen molar-refractivity contribution in [1.29, 1.82) is 0 Å². The van der Waals surface area contributed by atoms with Crippen LogP contribution < -0.4 is 15.7 Å². The van der Waals surface area contributed by atoms with Crippen molar-refractivity contribution in [3.63, 3.8) is 0 Å². The van der Waals surface area contributed by atoms with Crippen LogP contribution in [0.3, 0.4) is 0 Å². The average molecular weight is 552 g/mol. The highest BCUT2D eigenvalue weighted by molar-refractivity contribution is 6.03. The van der Waals surface area contributed by atoms with Gasteiger partial charge >= 0.3 is 17.6 Å². The summed E-state index contributed by atoms with van der Waals surface area (Å²) < 4.78 is 29.0. The lowest BCUT2D eigenvalue weighted by molar-refractivity contribution is -0.166. The first kappa shape index (κ1) is 28.5. The number of rotatable bonds is 10. The predicted octanol–water partition coefficient (Wildman–Crippen LogP) is 2.48. The van der Waals surface area contributed by atoms with Crippen LogP contribution in [0.25, 0.3) is 0 Å². The smallest absolute Gasteiger partial charge is 0.351 e. The van der Waals surface area contributed by atoms with E-state index in [0.29, 0.717) is 11.3 Å². The quantitative estimate of drug-likeness (QED) is 0.373. The van der Waals surface area contributed by atoms with Crippen LogP contribution in [0.2, 0.25) is 0 Å². The number of anilines is 1. The second kappa shape index (κ2) is 13.0. The van der Waals surface area contributed by atoms with E-state index in [0.717, 1.165) is 10.1 Å². The fraction of sp³-hybridized carbons (Fsp3) is 0.321. The minimum Gasteiger partial charge on any atom is -0.497 e. The number of ether oxygens (including phenoxy) is 5. The van der Waals surface area contributed by atoms with Gasteiger partial charge in [0.05, 0.1) is 20.3 Å². The predicted molar refractivity (Wildman–Crippen MR) is 141 cm³/mol. The number of amides is 1. The number of hydrogen-bond acceptors (Lipinski definition) is 10. The van der Waals surface area contributed by atoms with Crippen molar-refractivity contribution in [2.75, 3.05) is 19.0 Å². The molecule has 1 aromatic heterocycles. The third kappa shape index (κ3) is 7.10. The molecular weight excluding hydrogens is 522 g/mol. The molecule has 210 valence electrons. The number of esters is 2. The van der Waals surface area contributed by atoms with Crippen molar-refractivity contribution in [2.45, 2.75) is 45.0 Å². The maximum absolute atomic E-state index is 13.0. The van der Waals surface area contributed by atoms with Crippen molar-refractivity contribution in [1.82, 2.24) is 9.55 Å². The Morgan fingerprint density at radius 2 is 1.62 bits per heavy atom. The topological polar surface area (TPSA) is 144 Å². The zero-order chi connectivity index (χ0) is 28.6. The number of nitrogens with zero attached hydrogens (tertiary/aromatic N) is 2. The van der Waals surface area contributed by atoms with Gasteiger partial charge in [-0.15, -0.1) is 0 Å². The van der Waals surface area contributed by atoms with Crippen LogP contribution in [-0.2, 0) is 35.1 Å². The van der Waals surface area contributed by atoms with E-state index in [2.05, 4.69) is 10.3 Å². The first-order valence-corrected chi connectivity index (χ1v) is 12.4. The van der Waals surface area contributed by atoms with Gasteiger partial charge in [-0.1, -0.05) is 30.3 Å². The zero-order valence-electron chi connectivity index (χ0n) is 22.1. The number of methoxy groups -OCH3 is 1. The van der Waals surface area contributed by atoms with Gasteiger partial charge < -0.3 is 29.0 Å². The molecule has 1 saturated heterocycles. The molecule has 40 heavy (non-hydrogen) atoms. The van der Waals surface area contributed by atoms with Gasteiger partial charge in [-0.3, -0.25) is 19.0 Å². The Labute approximate surface area is 229 Å². The molecule has 0 aliphatic carbocycles. The van der Waals surface area contributed by atoms with Gasteiger partial charge in [-0.2, -0.15) is 4.98 Å². The molecule has 12 heteroatoms. The van der Waals surface area contributed by atoms with E-state index in [1.54, 1.807) is 49.6 Å². The van der Waals surface area contributed by atoms with Crippen LogP contribution in [0.1, 0.15) is 36.0 Å². The van der Waals surface area contributed by atoms with Crippen molar-refractivity contribution < 1.29 is 38.1 Å². The first-order chi connectivity index (χ1) is 19.2. The largest absolute Gasteiger partial charge is 0.497 e. The summed E-state index contributed by atoms with van der Waals surface area (Å²) in [4.78, 5) is 53.2. The summed E-state index contributed by atoms with van der Waals surface area (Å²) in [6.45, 7) is 2.59. The van der Waals surface area contributed by atoms with Crippen LogP contribution in [0.4, 0.5) is 5.82 Å². The minimum atomic E-state index is -1.18. The second-order valence-corrected chi connectivity index (χ2v) is 8.90. The van der Waals surface area contributed by atoms with E-state index in [-0.39, 0.29) is 19.0 Å². The van der Waals surface area contributed by atoms with Gasteiger partial charge in [0.1, 0.15) is 17.7 Å². The third-order valence-electron chi connectivity index (χ3n) is 5.98. The summed E-state index contributed by atoms with van der Waals surface area (Å²) in [5.74, 6) is -1.01.